The number of rotatable bonds is 6. The van der Waals surface area contributed by atoms with E-state index in [1.165, 1.54) is 6.42 Å². The smallest absolute Gasteiger partial charge is 0.0778 e. The first-order chi connectivity index (χ1) is 5.85. The van der Waals surface area contributed by atoms with Gasteiger partial charge in [0.1, 0.15) is 0 Å². The Bertz CT molecular complexity index is 150. The van der Waals surface area contributed by atoms with Gasteiger partial charge >= 0.3 is 0 Å². The zero-order valence-corrected chi connectivity index (χ0v) is 8.08. The third-order valence-corrected chi connectivity index (χ3v) is 1.55. The molecule has 0 saturated carbocycles. The largest absolute Gasteiger partial charge is 0.323 e. The Hall–Kier alpha value is -0.860. The molecule has 0 aromatic rings. The molecule has 2 N–H and O–H groups in total. The second-order valence-electron chi connectivity index (χ2n) is 2.76. The van der Waals surface area contributed by atoms with Crippen molar-refractivity contribution in [2.75, 3.05) is 6.54 Å². The molecule has 3 nitrogen and oxygen atoms in total. The Labute approximate surface area is 74.8 Å². The maximum Gasteiger partial charge on any atom is 0.0778 e. The SMILES string of the molecule is CCCCN=C/C(CCC)=N\N. The molecule has 0 aliphatic rings. The average molecular weight is 169 g/mol. The maximum absolute atomic E-state index is 5.17. The van der Waals surface area contributed by atoms with E-state index in [1.54, 1.807) is 6.21 Å². The van der Waals surface area contributed by atoms with E-state index in [-0.39, 0.29) is 0 Å². The first-order valence-corrected chi connectivity index (χ1v) is 4.61. The molecule has 0 aliphatic carbocycles. The molecule has 0 atom stereocenters. The van der Waals surface area contributed by atoms with Gasteiger partial charge in [-0.25, -0.2) is 0 Å². The lowest BCUT2D eigenvalue weighted by atomic mass is 10.2. The van der Waals surface area contributed by atoms with Crippen molar-refractivity contribution < 1.29 is 0 Å². The van der Waals surface area contributed by atoms with E-state index in [1.807, 2.05) is 0 Å². The van der Waals surface area contributed by atoms with Gasteiger partial charge in [0.25, 0.3) is 0 Å². The molecule has 0 amide bonds. The van der Waals surface area contributed by atoms with Crippen molar-refractivity contribution in [1.29, 1.82) is 0 Å². The lowest BCUT2D eigenvalue weighted by Crippen LogP contribution is -2.03. The predicted molar refractivity (Wildman–Crippen MR) is 54.8 cm³/mol. The van der Waals surface area contributed by atoms with Crippen LogP contribution in [0, 0.1) is 0 Å². The summed E-state index contributed by atoms with van der Waals surface area (Å²) in [5.41, 5.74) is 0.897. The van der Waals surface area contributed by atoms with Crippen LogP contribution >= 0.6 is 0 Å². The zero-order chi connectivity index (χ0) is 9.23. The Morgan fingerprint density at radius 2 is 2.08 bits per heavy atom. The van der Waals surface area contributed by atoms with Crippen molar-refractivity contribution in [2.45, 2.75) is 39.5 Å². The third kappa shape index (κ3) is 5.89. The third-order valence-electron chi connectivity index (χ3n) is 1.55. The number of aliphatic imine (C=N–C) groups is 1. The van der Waals surface area contributed by atoms with Gasteiger partial charge < -0.3 is 5.84 Å². The second kappa shape index (κ2) is 8.24. The average Bonchev–Trinajstić information content (AvgIpc) is 2.10. The van der Waals surface area contributed by atoms with Gasteiger partial charge in [0.2, 0.25) is 0 Å². The first-order valence-electron chi connectivity index (χ1n) is 4.61. The van der Waals surface area contributed by atoms with E-state index in [0.29, 0.717) is 0 Å². The number of nitrogens with two attached hydrogens (primary N) is 1. The van der Waals surface area contributed by atoms with E-state index in [0.717, 1.165) is 31.5 Å². The summed E-state index contributed by atoms with van der Waals surface area (Å²) >= 11 is 0. The fourth-order valence-electron chi connectivity index (χ4n) is 0.838. The monoisotopic (exact) mass is 169 g/mol. The molecule has 70 valence electrons. The molecule has 0 bridgehead atoms. The molecule has 0 saturated heterocycles. The van der Waals surface area contributed by atoms with Crippen molar-refractivity contribution >= 4 is 11.9 Å². The molecule has 0 aliphatic heterocycles. The molecule has 0 radical (unpaired) electrons. The highest BCUT2D eigenvalue weighted by atomic mass is 15.1. The van der Waals surface area contributed by atoms with Crippen LogP contribution in [0.5, 0.6) is 0 Å². The van der Waals surface area contributed by atoms with E-state index in [9.17, 15) is 0 Å². The summed E-state index contributed by atoms with van der Waals surface area (Å²) < 4.78 is 0. The molecule has 0 heterocycles. The van der Waals surface area contributed by atoms with Crippen LogP contribution in [0.1, 0.15) is 39.5 Å². The predicted octanol–water partition coefficient (Wildman–Crippen LogP) is 1.97. The van der Waals surface area contributed by atoms with Crippen LogP contribution in [0.4, 0.5) is 0 Å². The van der Waals surface area contributed by atoms with Gasteiger partial charge in [0.15, 0.2) is 0 Å². The summed E-state index contributed by atoms with van der Waals surface area (Å²) in [6.45, 7) is 5.14. The zero-order valence-electron chi connectivity index (χ0n) is 8.08. The number of nitrogens with zero attached hydrogens (tertiary/aromatic N) is 2. The van der Waals surface area contributed by atoms with Gasteiger partial charge in [-0.3, -0.25) is 4.99 Å². The van der Waals surface area contributed by atoms with Crippen LogP contribution in [-0.2, 0) is 0 Å². The minimum atomic E-state index is 0.888. The number of unbranched alkanes of at least 4 members (excludes halogenated alkanes) is 1. The van der Waals surface area contributed by atoms with Crippen LogP contribution < -0.4 is 5.84 Å². The van der Waals surface area contributed by atoms with Crippen molar-refractivity contribution in [1.82, 2.24) is 0 Å². The van der Waals surface area contributed by atoms with E-state index < -0.39 is 0 Å². The highest BCUT2D eigenvalue weighted by Gasteiger charge is 1.90. The first kappa shape index (κ1) is 11.1. The fraction of sp³-hybridized carbons (Fsp3) is 0.778. The molecule has 0 aromatic heterocycles. The van der Waals surface area contributed by atoms with Gasteiger partial charge in [-0.05, 0) is 12.8 Å². The maximum atomic E-state index is 5.17. The molecular formula is C9H19N3. The van der Waals surface area contributed by atoms with E-state index in [2.05, 4.69) is 23.9 Å². The van der Waals surface area contributed by atoms with Gasteiger partial charge in [-0.15, -0.1) is 0 Å². The lowest BCUT2D eigenvalue weighted by Gasteiger charge is -1.94. The van der Waals surface area contributed by atoms with Gasteiger partial charge in [0.05, 0.1) is 5.71 Å². The Morgan fingerprint density at radius 1 is 1.33 bits per heavy atom. The summed E-state index contributed by atoms with van der Waals surface area (Å²) in [6.07, 6.45) is 6.10. The summed E-state index contributed by atoms with van der Waals surface area (Å²) in [6, 6.07) is 0. The van der Waals surface area contributed by atoms with E-state index >= 15 is 0 Å². The number of hydrogen-bond acceptors (Lipinski definition) is 3. The normalized spacial score (nSPS) is 12.7. The molecule has 0 fully saturated rings. The van der Waals surface area contributed by atoms with Gasteiger partial charge in [-0.1, -0.05) is 26.7 Å². The van der Waals surface area contributed by atoms with Crippen molar-refractivity contribution in [3.63, 3.8) is 0 Å². The van der Waals surface area contributed by atoms with Crippen LogP contribution in [0.25, 0.3) is 0 Å². The number of hydrogen-bond donors (Lipinski definition) is 1. The number of hydrazone groups is 1. The minimum Gasteiger partial charge on any atom is -0.323 e. The van der Waals surface area contributed by atoms with Crippen molar-refractivity contribution in [3.05, 3.63) is 0 Å². The molecular weight excluding hydrogens is 150 g/mol. The Morgan fingerprint density at radius 3 is 2.58 bits per heavy atom. The summed E-state index contributed by atoms with van der Waals surface area (Å²) in [5, 5.41) is 3.64. The van der Waals surface area contributed by atoms with Crippen LogP contribution in [0.3, 0.4) is 0 Å². The lowest BCUT2D eigenvalue weighted by molar-refractivity contribution is 0.810. The quantitative estimate of drug-likeness (QED) is 0.281. The fourth-order valence-corrected chi connectivity index (χ4v) is 0.838. The van der Waals surface area contributed by atoms with Crippen molar-refractivity contribution in [3.8, 4) is 0 Å². The molecule has 0 unspecified atom stereocenters. The Balaban J connectivity index is 3.62. The summed E-state index contributed by atoms with van der Waals surface area (Å²) in [5.74, 6) is 5.17. The highest BCUT2D eigenvalue weighted by molar-refractivity contribution is 6.30. The molecule has 3 heteroatoms. The second-order valence-corrected chi connectivity index (χ2v) is 2.76. The minimum absolute atomic E-state index is 0.888. The van der Waals surface area contributed by atoms with Crippen molar-refractivity contribution in [2.24, 2.45) is 15.9 Å². The Kier molecular flexibility index (Phi) is 7.65. The van der Waals surface area contributed by atoms with Gasteiger partial charge in [0, 0.05) is 12.8 Å². The topological polar surface area (TPSA) is 50.7 Å². The van der Waals surface area contributed by atoms with Crippen LogP contribution in [0.15, 0.2) is 10.1 Å². The van der Waals surface area contributed by atoms with E-state index in [4.69, 9.17) is 5.84 Å². The summed E-state index contributed by atoms with van der Waals surface area (Å²) in [4.78, 5) is 4.22. The highest BCUT2D eigenvalue weighted by Crippen LogP contribution is 1.90. The molecule has 0 spiro atoms. The summed E-state index contributed by atoms with van der Waals surface area (Å²) in [7, 11) is 0. The molecule has 0 rings (SSSR count). The molecule has 0 aromatic carbocycles. The van der Waals surface area contributed by atoms with Crippen LogP contribution in [-0.4, -0.2) is 18.5 Å². The molecule has 12 heavy (non-hydrogen) atoms. The van der Waals surface area contributed by atoms with Crippen LogP contribution in [0.2, 0.25) is 0 Å². The van der Waals surface area contributed by atoms with Gasteiger partial charge in [-0.2, -0.15) is 5.10 Å². The standard InChI is InChI=1S/C9H19N3/c1-3-5-7-11-8-9(12-10)6-4-2/h8H,3-7,10H2,1-2H3/b11-8?,12-9-.